The van der Waals surface area contributed by atoms with Crippen molar-refractivity contribution in [3.8, 4) is 22.3 Å². The van der Waals surface area contributed by atoms with Crippen LogP contribution in [0, 0.1) is 0 Å². The van der Waals surface area contributed by atoms with Gasteiger partial charge in [-0.05, 0) is 56.8 Å². The summed E-state index contributed by atoms with van der Waals surface area (Å²) in [5.41, 5.74) is 9.44. The van der Waals surface area contributed by atoms with Crippen LogP contribution >= 0.6 is 0 Å². The van der Waals surface area contributed by atoms with Crippen LogP contribution in [0.25, 0.3) is 55.0 Å². The third-order valence-corrected chi connectivity index (χ3v) is 8.95. The zero-order valence-corrected chi connectivity index (χ0v) is 25.5. The van der Waals surface area contributed by atoms with Gasteiger partial charge in [-0.25, -0.2) is 9.98 Å². The van der Waals surface area contributed by atoms with E-state index in [1.807, 2.05) is 36.4 Å². The van der Waals surface area contributed by atoms with Gasteiger partial charge in [0.15, 0.2) is 6.17 Å². The molecule has 0 amide bonds. The molecular weight excluding hydrogens is 574 g/mol. The Morgan fingerprint density at radius 1 is 0.447 bits per heavy atom. The first-order chi connectivity index (χ1) is 23.3. The van der Waals surface area contributed by atoms with Crippen LogP contribution in [-0.2, 0) is 0 Å². The van der Waals surface area contributed by atoms with Gasteiger partial charge in [0.05, 0.1) is 0 Å². The van der Waals surface area contributed by atoms with Gasteiger partial charge in [-0.15, -0.1) is 0 Å². The maximum atomic E-state index is 6.19. The topological polar surface area (TPSA) is 49.9 Å². The van der Waals surface area contributed by atoms with Gasteiger partial charge in [-0.2, -0.15) is 0 Å². The third kappa shape index (κ3) is 4.88. The molecule has 1 atom stereocenters. The van der Waals surface area contributed by atoms with Crippen LogP contribution in [0.1, 0.15) is 22.9 Å². The van der Waals surface area contributed by atoms with Crippen LogP contribution < -0.4 is 5.32 Å². The number of hydrogen-bond donors (Lipinski definition) is 1. The maximum Gasteiger partial charge on any atom is 0.169 e. The lowest BCUT2D eigenvalue weighted by Gasteiger charge is -2.23. The van der Waals surface area contributed by atoms with Crippen LogP contribution in [-0.4, -0.2) is 11.7 Å². The highest BCUT2D eigenvalue weighted by atomic mass is 16.3. The van der Waals surface area contributed by atoms with E-state index in [1.165, 1.54) is 21.9 Å². The Morgan fingerprint density at radius 3 is 1.94 bits per heavy atom. The molecule has 1 unspecified atom stereocenters. The van der Waals surface area contributed by atoms with Crippen LogP contribution in [0.4, 0.5) is 0 Å². The molecule has 0 saturated carbocycles. The molecule has 8 aromatic rings. The molecule has 1 aliphatic heterocycles. The average Bonchev–Trinajstić information content (AvgIpc) is 3.54. The van der Waals surface area contributed by atoms with Crippen LogP contribution in [0.5, 0.6) is 0 Å². The Bertz CT molecular complexity index is 2480. The smallest absolute Gasteiger partial charge is 0.169 e. The van der Waals surface area contributed by atoms with Crippen molar-refractivity contribution in [3.63, 3.8) is 0 Å². The summed E-state index contributed by atoms with van der Waals surface area (Å²) >= 11 is 0. The van der Waals surface area contributed by atoms with Gasteiger partial charge < -0.3 is 9.73 Å². The van der Waals surface area contributed by atoms with E-state index in [2.05, 4.69) is 133 Å². The molecule has 9 rings (SSSR count). The quantitative estimate of drug-likeness (QED) is 0.213. The van der Waals surface area contributed by atoms with Crippen LogP contribution in [0.3, 0.4) is 0 Å². The number of para-hydroxylation sites is 1. The highest BCUT2D eigenvalue weighted by Crippen LogP contribution is 2.37. The number of furan rings is 1. The molecule has 0 saturated heterocycles. The van der Waals surface area contributed by atoms with Gasteiger partial charge in [0.25, 0.3) is 0 Å². The fourth-order valence-corrected chi connectivity index (χ4v) is 6.65. The second kappa shape index (κ2) is 11.3. The summed E-state index contributed by atoms with van der Waals surface area (Å²) in [4.78, 5) is 10.3. The molecule has 0 spiro atoms. The van der Waals surface area contributed by atoms with Crippen molar-refractivity contribution in [2.75, 3.05) is 0 Å². The Kier molecular flexibility index (Phi) is 6.50. The van der Waals surface area contributed by atoms with Gasteiger partial charge in [0.1, 0.15) is 22.8 Å². The molecule has 222 valence electrons. The van der Waals surface area contributed by atoms with Crippen molar-refractivity contribution in [2.45, 2.75) is 6.17 Å². The predicted octanol–water partition coefficient (Wildman–Crippen LogP) is 10.6. The van der Waals surface area contributed by atoms with Crippen LogP contribution in [0.15, 0.2) is 178 Å². The molecule has 0 radical (unpaired) electrons. The van der Waals surface area contributed by atoms with Crippen molar-refractivity contribution in [1.82, 2.24) is 5.32 Å². The summed E-state index contributed by atoms with van der Waals surface area (Å²) in [6, 6.07) is 56.9. The fourth-order valence-electron chi connectivity index (χ4n) is 6.65. The van der Waals surface area contributed by atoms with Crippen molar-refractivity contribution in [2.24, 2.45) is 9.98 Å². The largest absolute Gasteiger partial charge is 0.456 e. The van der Waals surface area contributed by atoms with Crippen molar-refractivity contribution in [1.29, 1.82) is 0 Å². The minimum absolute atomic E-state index is 0.395. The lowest BCUT2D eigenvalue weighted by molar-refractivity contribution is 0.669. The van der Waals surface area contributed by atoms with Crippen LogP contribution in [0.2, 0.25) is 0 Å². The van der Waals surface area contributed by atoms with Gasteiger partial charge in [-0.1, -0.05) is 146 Å². The monoisotopic (exact) mass is 603 g/mol. The number of nitrogens with one attached hydrogen (secondary N) is 1. The summed E-state index contributed by atoms with van der Waals surface area (Å²) in [5, 5.41) is 8.28. The molecule has 1 aliphatic rings. The van der Waals surface area contributed by atoms with E-state index in [9.17, 15) is 0 Å². The number of fused-ring (bicyclic) bond motifs is 4. The van der Waals surface area contributed by atoms with Gasteiger partial charge in [-0.3, -0.25) is 0 Å². The predicted molar refractivity (Wildman–Crippen MR) is 194 cm³/mol. The standard InChI is InChI=1S/C43H29N3O/c1-2-12-30(13-3-1)41-44-42(31-25-23-29(24-26-31)35-19-9-14-28-11-4-5-17-34(28)35)46-43(45-41)33-16-8-15-32(27-33)36-20-10-22-39-40(36)37-18-6-7-21-38(37)47-39/h1-27,42H,(H,44,45,46). The van der Waals surface area contributed by atoms with Gasteiger partial charge in [0.2, 0.25) is 0 Å². The van der Waals surface area contributed by atoms with E-state index in [0.29, 0.717) is 0 Å². The summed E-state index contributed by atoms with van der Waals surface area (Å²) in [7, 11) is 0. The molecule has 4 nitrogen and oxygen atoms in total. The molecule has 2 heterocycles. The number of amidine groups is 2. The number of benzene rings is 7. The van der Waals surface area contributed by atoms with Crippen molar-refractivity contribution in [3.05, 3.63) is 180 Å². The molecule has 4 heteroatoms. The van der Waals surface area contributed by atoms with Crippen molar-refractivity contribution >= 4 is 44.4 Å². The lowest BCUT2D eigenvalue weighted by Crippen LogP contribution is -2.36. The molecule has 0 aliphatic carbocycles. The molecule has 47 heavy (non-hydrogen) atoms. The summed E-state index contributed by atoms with van der Waals surface area (Å²) < 4.78 is 6.19. The van der Waals surface area contributed by atoms with E-state index in [4.69, 9.17) is 14.4 Å². The highest BCUT2D eigenvalue weighted by Gasteiger charge is 2.21. The Morgan fingerprint density at radius 2 is 1.06 bits per heavy atom. The second-order valence-corrected chi connectivity index (χ2v) is 11.8. The Hall–Kier alpha value is -6.26. The average molecular weight is 604 g/mol. The first-order valence-electron chi connectivity index (χ1n) is 15.9. The number of rotatable bonds is 5. The molecule has 0 bridgehead atoms. The van der Waals surface area contributed by atoms with Gasteiger partial charge in [0, 0.05) is 21.9 Å². The Labute approximate surface area is 272 Å². The number of aliphatic imine (C=N–C) groups is 2. The summed E-state index contributed by atoms with van der Waals surface area (Å²) in [5.74, 6) is 1.58. The first kappa shape index (κ1) is 27.1. The second-order valence-electron chi connectivity index (χ2n) is 11.8. The summed E-state index contributed by atoms with van der Waals surface area (Å²) in [6.45, 7) is 0. The minimum Gasteiger partial charge on any atom is -0.456 e. The SMILES string of the molecule is c1ccc(C2=NC(c3ccc(-c4cccc5ccccc45)cc3)N=C(c3cccc(-c4cccc5oc6ccccc6c45)c3)N2)cc1. The molecule has 7 aromatic carbocycles. The van der Waals surface area contributed by atoms with E-state index in [-0.39, 0.29) is 0 Å². The molecular formula is C43H29N3O. The molecule has 1 N–H and O–H groups in total. The van der Waals surface area contributed by atoms with E-state index < -0.39 is 6.17 Å². The lowest BCUT2D eigenvalue weighted by atomic mass is 9.97. The summed E-state index contributed by atoms with van der Waals surface area (Å²) in [6.07, 6.45) is -0.395. The first-order valence-corrected chi connectivity index (χ1v) is 15.9. The number of hydrogen-bond acceptors (Lipinski definition) is 4. The molecule has 1 aromatic heterocycles. The fraction of sp³-hybridized carbons (Fsp3) is 0.0233. The Balaban J connectivity index is 1.12. The van der Waals surface area contributed by atoms with Crippen molar-refractivity contribution < 1.29 is 4.42 Å². The highest BCUT2D eigenvalue weighted by molar-refractivity contribution is 6.17. The zero-order chi connectivity index (χ0) is 31.2. The van der Waals surface area contributed by atoms with E-state index in [0.717, 1.165) is 61.4 Å². The number of nitrogens with zero attached hydrogens (tertiary/aromatic N) is 2. The normalized spacial score (nSPS) is 14.6. The van der Waals surface area contributed by atoms with Gasteiger partial charge >= 0.3 is 0 Å². The maximum absolute atomic E-state index is 6.19. The zero-order valence-electron chi connectivity index (χ0n) is 25.5. The van der Waals surface area contributed by atoms with E-state index in [1.54, 1.807) is 0 Å². The third-order valence-electron chi connectivity index (χ3n) is 8.95. The molecule has 0 fully saturated rings. The minimum atomic E-state index is -0.395. The van der Waals surface area contributed by atoms with E-state index >= 15 is 0 Å².